The van der Waals surface area contributed by atoms with Crippen LogP contribution in [-0.4, -0.2) is 18.6 Å². The largest absolute Gasteiger partial charge is 0.491 e. The minimum atomic E-state index is -0.0655. The second kappa shape index (κ2) is 7.32. The van der Waals surface area contributed by atoms with Crippen LogP contribution in [0.25, 0.3) is 0 Å². The quantitative estimate of drug-likeness (QED) is 0.902. The standard InChI is InChI=1S/C20H25NO2/c1-13-6-8-18(10-15(13)3)20(22)21-17(5)12-23-19-9-7-14(2)16(4)11-19/h6-11,17H,12H2,1-5H3,(H,21,22)/t17-/m0/s1. The van der Waals surface area contributed by atoms with Crippen LogP contribution in [0.5, 0.6) is 5.75 Å². The fourth-order valence-electron chi connectivity index (χ4n) is 2.26. The lowest BCUT2D eigenvalue weighted by atomic mass is 10.1. The van der Waals surface area contributed by atoms with Gasteiger partial charge in [-0.25, -0.2) is 0 Å². The lowest BCUT2D eigenvalue weighted by molar-refractivity contribution is 0.0926. The van der Waals surface area contributed by atoms with Gasteiger partial charge in [0.1, 0.15) is 12.4 Å². The zero-order chi connectivity index (χ0) is 17.0. The highest BCUT2D eigenvalue weighted by Gasteiger charge is 2.11. The Morgan fingerprint density at radius 2 is 1.57 bits per heavy atom. The van der Waals surface area contributed by atoms with Gasteiger partial charge in [-0.15, -0.1) is 0 Å². The predicted octanol–water partition coefficient (Wildman–Crippen LogP) is 4.12. The van der Waals surface area contributed by atoms with Crippen molar-refractivity contribution in [1.82, 2.24) is 5.32 Å². The van der Waals surface area contributed by atoms with Crippen molar-refractivity contribution in [2.75, 3.05) is 6.61 Å². The molecule has 23 heavy (non-hydrogen) atoms. The smallest absolute Gasteiger partial charge is 0.251 e. The Bertz CT molecular complexity index is 707. The van der Waals surface area contributed by atoms with Crippen molar-refractivity contribution in [2.24, 2.45) is 0 Å². The molecule has 0 fully saturated rings. The van der Waals surface area contributed by atoms with E-state index in [0.717, 1.165) is 11.3 Å². The molecular weight excluding hydrogens is 286 g/mol. The summed E-state index contributed by atoms with van der Waals surface area (Å²) in [7, 11) is 0. The first-order chi connectivity index (χ1) is 10.9. The molecule has 0 saturated carbocycles. The van der Waals surface area contributed by atoms with Crippen molar-refractivity contribution >= 4 is 5.91 Å². The van der Waals surface area contributed by atoms with Crippen molar-refractivity contribution < 1.29 is 9.53 Å². The number of rotatable bonds is 5. The van der Waals surface area contributed by atoms with Crippen LogP contribution >= 0.6 is 0 Å². The molecule has 3 heteroatoms. The summed E-state index contributed by atoms with van der Waals surface area (Å²) in [5.41, 5.74) is 5.44. The molecule has 1 amide bonds. The molecular formula is C20H25NO2. The van der Waals surface area contributed by atoms with Crippen LogP contribution in [0.3, 0.4) is 0 Å². The van der Waals surface area contributed by atoms with Crippen molar-refractivity contribution in [2.45, 2.75) is 40.7 Å². The Hall–Kier alpha value is -2.29. The summed E-state index contributed by atoms with van der Waals surface area (Å²) >= 11 is 0. The minimum absolute atomic E-state index is 0.0641. The third-order valence-corrected chi connectivity index (χ3v) is 4.12. The van der Waals surface area contributed by atoms with Crippen LogP contribution < -0.4 is 10.1 Å². The van der Waals surface area contributed by atoms with Crippen molar-refractivity contribution in [3.05, 3.63) is 64.2 Å². The predicted molar refractivity (Wildman–Crippen MR) is 94.3 cm³/mol. The lowest BCUT2D eigenvalue weighted by Crippen LogP contribution is -2.36. The summed E-state index contributed by atoms with van der Waals surface area (Å²) in [6, 6.07) is 11.7. The van der Waals surface area contributed by atoms with E-state index in [1.54, 1.807) is 0 Å². The van der Waals surface area contributed by atoms with Crippen LogP contribution in [0.15, 0.2) is 36.4 Å². The first-order valence-corrected chi connectivity index (χ1v) is 7.95. The van der Waals surface area contributed by atoms with E-state index in [4.69, 9.17) is 4.74 Å². The molecule has 0 heterocycles. The van der Waals surface area contributed by atoms with Gasteiger partial charge in [-0.1, -0.05) is 12.1 Å². The van der Waals surface area contributed by atoms with Gasteiger partial charge < -0.3 is 10.1 Å². The molecule has 0 spiro atoms. The van der Waals surface area contributed by atoms with E-state index in [9.17, 15) is 4.79 Å². The van der Waals surface area contributed by atoms with E-state index in [0.29, 0.717) is 12.2 Å². The Balaban J connectivity index is 1.90. The zero-order valence-corrected chi connectivity index (χ0v) is 14.6. The fraction of sp³-hybridized carbons (Fsp3) is 0.350. The first kappa shape index (κ1) is 17.1. The zero-order valence-electron chi connectivity index (χ0n) is 14.6. The normalized spacial score (nSPS) is 11.9. The summed E-state index contributed by atoms with van der Waals surface area (Å²) in [5.74, 6) is 0.768. The molecule has 0 radical (unpaired) electrons. The van der Waals surface area contributed by atoms with E-state index < -0.39 is 0 Å². The van der Waals surface area contributed by atoms with E-state index in [-0.39, 0.29) is 11.9 Å². The van der Waals surface area contributed by atoms with Crippen LogP contribution in [0.1, 0.15) is 39.5 Å². The topological polar surface area (TPSA) is 38.3 Å². The molecule has 0 aromatic heterocycles. The molecule has 122 valence electrons. The number of amides is 1. The Morgan fingerprint density at radius 3 is 2.17 bits per heavy atom. The maximum absolute atomic E-state index is 12.3. The highest BCUT2D eigenvalue weighted by Crippen LogP contribution is 2.16. The summed E-state index contributed by atoms with van der Waals surface area (Å²) < 4.78 is 5.77. The molecule has 0 unspecified atom stereocenters. The number of hydrogen-bond acceptors (Lipinski definition) is 2. The Morgan fingerprint density at radius 1 is 0.957 bits per heavy atom. The average Bonchev–Trinajstić information content (AvgIpc) is 2.51. The fourth-order valence-corrected chi connectivity index (χ4v) is 2.26. The molecule has 0 bridgehead atoms. The average molecular weight is 311 g/mol. The summed E-state index contributed by atoms with van der Waals surface area (Å²) in [6.45, 7) is 10.6. The van der Waals surface area contributed by atoms with Crippen LogP contribution in [0, 0.1) is 27.7 Å². The second-order valence-corrected chi connectivity index (χ2v) is 6.23. The maximum Gasteiger partial charge on any atom is 0.251 e. The van der Waals surface area contributed by atoms with Gasteiger partial charge in [0.2, 0.25) is 0 Å². The minimum Gasteiger partial charge on any atom is -0.491 e. The third-order valence-electron chi connectivity index (χ3n) is 4.12. The van der Waals surface area contributed by atoms with Crippen molar-refractivity contribution in [3.63, 3.8) is 0 Å². The molecule has 2 rings (SSSR count). The molecule has 3 nitrogen and oxygen atoms in total. The van der Waals surface area contributed by atoms with Crippen LogP contribution in [0.4, 0.5) is 0 Å². The molecule has 0 saturated heterocycles. The number of nitrogens with one attached hydrogen (secondary N) is 1. The highest BCUT2D eigenvalue weighted by atomic mass is 16.5. The first-order valence-electron chi connectivity index (χ1n) is 7.95. The summed E-state index contributed by atoms with van der Waals surface area (Å²) in [4.78, 5) is 12.3. The molecule has 1 atom stereocenters. The third kappa shape index (κ3) is 4.59. The molecule has 1 N–H and O–H groups in total. The van der Waals surface area contributed by atoms with E-state index >= 15 is 0 Å². The van der Waals surface area contributed by atoms with Gasteiger partial charge in [0, 0.05) is 5.56 Å². The monoisotopic (exact) mass is 311 g/mol. The highest BCUT2D eigenvalue weighted by molar-refractivity contribution is 5.94. The van der Waals surface area contributed by atoms with Gasteiger partial charge in [-0.3, -0.25) is 4.79 Å². The SMILES string of the molecule is Cc1ccc(OC[C@H](C)NC(=O)c2ccc(C)c(C)c2)cc1C. The number of ether oxygens (including phenoxy) is 1. The van der Waals surface area contributed by atoms with Gasteiger partial charge in [-0.2, -0.15) is 0 Å². The molecule has 2 aromatic carbocycles. The Kier molecular flexibility index (Phi) is 5.43. The number of carbonyl (C=O) groups excluding carboxylic acids is 1. The van der Waals surface area contributed by atoms with Crippen molar-refractivity contribution in [3.8, 4) is 5.75 Å². The van der Waals surface area contributed by atoms with Gasteiger partial charge >= 0.3 is 0 Å². The molecule has 0 aliphatic rings. The van der Waals surface area contributed by atoms with Crippen molar-refractivity contribution in [1.29, 1.82) is 0 Å². The maximum atomic E-state index is 12.3. The Labute approximate surface area is 138 Å². The van der Waals surface area contributed by atoms with Crippen LogP contribution in [-0.2, 0) is 0 Å². The number of aryl methyl sites for hydroxylation is 4. The number of benzene rings is 2. The molecule has 0 aliphatic heterocycles. The lowest BCUT2D eigenvalue weighted by Gasteiger charge is -2.16. The van der Waals surface area contributed by atoms with E-state index in [1.165, 1.54) is 16.7 Å². The molecule has 0 aliphatic carbocycles. The van der Waals surface area contributed by atoms with Crippen LogP contribution in [0.2, 0.25) is 0 Å². The molecule has 2 aromatic rings. The van der Waals surface area contributed by atoms with E-state index in [2.05, 4.69) is 19.2 Å². The number of carbonyl (C=O) groups is 1. The summed E-state index contributed by atoms with van der Waals surface area (Å²) in [5, 5.41) is 2.98. The summed E-state index contributed by atoms with van der Waals surface area (Å²) in [6.07, 6.45) is 0. The van der Waals surface area contributed by atoms with Gasteiger partial charge in [0.05, 0.1) is 6.04 Å². The van der Waals surface area contributed by atoms with Gasteiger partial charge in [-0.05, 0) is 81.1 Å². The second-order valence-electron chi connectivity index (χ2n) is 6.23. The van der Waals surface area contributed by atoms with Gasteiger partial charge in [0.15, 0.2) is 0 Å². The van der Waals surface area contributed by atoms with Gasteiger partial charge in [0.25, 0.3) is 5.91 Å². The van der Waals surface area contributed by atoms with E-state index in [1.807, 2.05) is 57.2 Å². The number of hydrogen-bond donors (Lipinski definition) is 1.